The van der Waals surface area contributed by atoms with Crippen LogP contribution in [-0.4, -0.2) is 12.4 Å². The van der Waals surface area contributed by atoms with Crippen LogP contribution in [0, 0.1) is 5.41 Å². The van der Waals surface area contributed by atoms with Gasteiger partial charge in [-0.1, -0.05) is 29.8 Å². The van der Waals surface area contributed by atoms with Gasteiger partial charge >= 0.3 is 0 Å². The Hall–Kier alpha value is -2.00. The number of benzene rings is 2. The molecule has 4 heteroatoms. The van der Waals surface area contributed by atoms with Crippen molar-refractivity contribution in [2.45, 2.75) is 19.3 Å². The van der Waals surface area contributed by atoms with E-state index in [1.807, 2.05) is 12.1 Å². The van der Waals surface area contributed by atoms with Crippen molar-refractivity contribution in [1.29, 1.82) is 5.41 Å². The summed E-state index contributed by atoms with van der Waals surface area (Å²) in [5.41, 5.74) is 9.93. The first-order chi connectivity index (χ1) is 10.2. The van der Waals surface area contributed by atoms with Crippen molar-refractivity contribution < 1.29 is 0 Å². The Kier molecular flexibility index (Phi) is 3.84. The van der Waals surface area contributed by atoms with E-state index >= 15 is 0 Å². The molecular formula is C17H18ClN3. The lowest BCUT2D eigenvalue weighted by Crippen LogP contribution is -2.23. The number of amidine groups is 1. The molecule has 0 bridgehead atoms. The van der Waals surface area contributed by atoms with Crippen molar-refractivity contribution in [3.63, 3.8) is 0 Å². The standard InChI is InChI=1S/C17H18ClN3/c18-13-8-9-14(17(19)20)16(11-13)21-10-4-3-6-12-5-1-2-7-15(12)21/h1-2,5,7-9,11H,3-4,6,10H2,(H3,19,20). The molecule has 3 N–H and O–H groups in total. The number of nitrogens with zero attached hydrogens (tertiary/aromatic N) is 1. The molecule has 2 aromatic carbocycles. The van der Waals surface area contributed by atoms with Crippen LogP contribution in [0.3, 0.4) is 0 Å². The highest BCUT2D eigenvalue weighted by Crippen LogP contribution is 2.35. The first kappa shape index (κ1) is 14.0. The van der Waals surface area contributed by atoms with Crippen molar-refractivity contribution in [1.82, 2.24) is 0 Å². The SMILES string of the molecule is N=C(N)c1ccc(Cl)cc1N1CCCCc2ccccc21. The summed E-state index contributed by atoms with van der Waals surface area (Å²) in [7, 11) is 0. The topological polar surface area (TPSA) is 53.1 Å². The summed E-state index contributed by atoms with van der Waals surface area (Å²) in [4.78, 5) is 2.24. The van der Waals surface area contributed by atoms with Gasteiger partial charge in [0.2, 0.25) is 0 Å². The largest absolute Gasteiger partial charge is 0.384 e. The fraction of sp³-hybridized carbons (Fsp3) is 0.235. The van der Waals surface area contributed by atoms with Crippen LogP contribution in [0.2, 0.25) is 5.02 Å². The molecule has 0 spiro atoms. The maximum Gasteiger partial charge on any atom is 0.124 e. The van der Waals surface area contributed by atoms with Gasteiger partial charge in [-0.3, -0.25) is 5.41 Å². The highest BCUT2D eigenvalue weighted by molar-refractivity contribution is 6.31. The van der Waals surface area contributed by atoms with Crippen LogP contribution in [-0.2, 0) is 6.42 Å². The lowest BCUT2D eigenvalue weighted by molar-refractivity contribution is 0.761. The lowest BCUT2D eigenvalue weighted by atomic mass is 10.1. The smallest absolute Gasteiger partial charge is 0.124 e. The van der Waals surface area contributed by atoms with Gasteiger partial charge in [-0.25, -0.2) is 0 Å². The molecule has 1 aliphatic rings. The molecule has 0 radical (unpaired) electrons. The number of anilines is 2. The normalized spacial score (nSPS) is 14.4. The molecule has 3 nitrogen and oxygen atoms in total. The number of para-hydroxylation sites is 1. The Morgan fingerprint density at radius 3 is 2.71 bits per heavy atom. The zero-order chi connectivity index (χ0) is 14.8. The Labute approximate surface area is 129 Å². The molecule has 1 aliphatic heterocycles. The highest BCUT2D eigenvalue weighted by atomic mass is 35.5. The quantitative estimate of drug-likeness (QED) is 0.648. The zero-order valence-electron chi connectivity index (χ0n) is 11.8. The number of fused-ring (bicyclic) bond motifs is 1. The average molecular weight is 300 g/mol. The third kappa shape index (κ3) is 2.74. The summed E-state index contributed by atoms with van der Waals surface area (Å²) in [5, 5.41) is 8.48. The minimum absolute atomic E-state index is 0.0726. The van der Waals surface area contributed by atoms with Crippen molar-refractivity contribution in [3.05, 3.63) is 58.6 Å². The molecule has 0 atom stereocenters. The van der Waals surface area contributed by atoms with Crippen LogP contribution in [0.4, 0.5) is 11.4 Å². The number of nitrogen functional groups attached to an aromatic ring is 1. The number of halogens is 1. The molecule has 0 saturated carbocycles. The number of aryl methyl sites for hydroxylation is 1. The number of nitrogens with one attached hydrogen (secondary N) is 1. The number of rotatable bonds is 2. The van der Waals surface area contributed by atoms with Gasteiger partial charge in [-0.15, -0.1) is 0 Å². The van der Waals surface area contributed by atoms with Crippen LogP contribution >= 0.6 is 11.6 Å². The molecule has 0 fully saturated rings. The molecule has 108 valence electrons. The van der Waals surface area contributed by atoms with Crippen molar-refractivity contribution in [2.24, 2.45) is 5.73 Å². The molecule has 1 heterocycles. The first-order valence-electron chi connectivity index (χ1n) is 7.16. The minimum atomic E-state index is 0.0726. The maximum absolute atomic E-state index is 7.81. The summed E-state index contributed by atoms with van der Waals surface area (Å²) in [6, 6.07) is 13.9. The van der Waals surface area contributed by atoms with E-state index in [0.29, 0.717) is 5.02 Å². The molecular weight excluding hydrogens is 282 g/mol. The fourth-order valence-electron chi connectivity index (χ4n) is 2.90. The summed E-state index contributed by atoms with van der Waals surface area (Å²) in [5.74, 6) is 0.0726. The van der Waals surface area contributed by atoms with Gasteiger partial charge in [0.25, 0.3) is 0 Å². The van der Waals surface area contributed by atoms with Gasteiger partial charge < -0.3 is 10.6 Å². The van der Waals surface area contributed by atoms with Gasteiger partial charge in [0.15, 0.2) is 0 Å². The van der Waals surface area contributed by atoms with Gasteiger partial charge in [0.1, 0.15) is 5.84 Å². The molecule has 0 unspecified atom stereocenters. The molecule has 3 rings (SSSR count). The van der Waals surface area contributed by atoms with Crippen molar-refractivity contribution in [3.8, 4) is 0 Å². The van der Waals surface area contributed by atoms with Crippen LogP contribution < -0.4 is 10.6 Å². The number of hydrogen-bond acceptors (Lipinski definition) is 2. The van der Waals surface area contributed by atoms with E-state index in [1.54, 1.807) is 6.07 Å². The van der Waals surface area contributed by atoms with E-state index < -0.39 is 0 Å². The molecule has 2 aromatic rings. The number of hydrogen-bond donors (Lipinski definition) is 2. The van der Waals surface area contributed by atoms with Crippen LogP contribution in [0.1, 0.15) is 24.0 Å². The predicted octanol–water partition coefficient (Wildman–Crippen LogP) is 4.10. The Morgan fingerprint density at radius 2 is 1.90 bits per heavy atom. The number of nitrogens with two attached hydrogens (primary N) is 1. The molecule has 0 saturated heterocycles. The fourth-order valence-corrected chi connectivity index (χ4v) is 3.06. The second kappa shape index (κ2) is 5.78. The van der Waals surface area contributed by atoms with E-state index in [4.69, 9.17) is 22.7 Å². The zero-order valence-corrected chi connectivity index (χ0v) is 12.5. The van der Waals surface area contributed by atoms with Gasteiger partial charge in [0, 0.05) is 22.8 Å². The van der Waals surface area contributed by atoms with E-state index in [1.165, 1.54) is 17.7 Å². The van der Waals surface area contributed by atoms with E-state index in [2.05, 4.69) is 29.2 Å². The summed E-state index contributed by atoms with van der Waals surface area (Å²) >= 11 is 6.17. The third-order valence-electron chi connectivity index (χ3n) is 3.90. The van der Waals surface area contributed by atoms with E-state index in [0.717, 1.165) is 30.6 Å². The molecule has 21 heavy (non-hydrogen) atoms. The lowest BCUT2D eigenvalue weighted by Gasteiger charge is -2.27. The van der Waals surface area contributed by atoms with Crippen LogP contribution in [0.5, 0.6) is 0 Å². The highest BCUT2D eigenvalue weighted by Gasteiger charge is 2.20. The van der Waals surface area contributed by atoms with Gasteiger partial charge in [-0.05, 0) is 49.1 Å². The second-order valence-electron chi connectivity index (χ2n) is 5.31. The third-order valence-corrected chi connectivity index (χ3v) is 4.14. The average Bonchev–Trinajstić information content (AvgIpc) is 2.69. The van der Waals surface area contributed by atoms with Crippen LogP contribution in [0.15, 0.2) is 42.5 Å². The Bertz CT molecular complexity index is 681. The summed E-state index contributed by atoms with van der Waals surface area (Å²) < 4.78 is 0. The van der Waals surface area contributed by atoms with Crippen LogP contribution in [0.25, 0.3) is 0 Å². The van der Waals surface area contributed by atoms with Crippen molar-refractivity contribution in [2.75, 3.05) is 11.4 Å². The molecule has 0 amide bonds. The summed E-state index contributed by atoms with van der Waals surface area (Å²) in [6.45, 7) is 0.914. The monoisotopic (exact) mass is 299 g/mol. The Morgan fingerprint density at radius 1 is 1.10 bits per heavy atom. The first-order valence-corrected chi connectivity index (χ1v) is 7.54. The second-order valence-corrected chi connectivity index (χ2v) is 5.75. The molecule has 0 aromatic heterocycles. The molecule has 0 aliphatic carbocycles. The Balaban J connectivity index is 2.16. The minimum Gasteiger partial charge on any atom is -0.384 e. The van der Waals surface area contributed by atoms with Gasteiger partial charge in [-0.2, -0.15) is 0 Å². The van der Waals surface area contributed by atoms with E-state index in [-0.39, 0.29) is 5.84 Å². The maximum atomic E-state index is 7.81. The van der Waals surface area contributed by atoms with Gasteiger partial charge in [0.05, 0.1) is 5.69 Å². The summed E-state index contributed by atoms with van der Waals surface area (Å²) in [6.07, 6.45) is 3.37. The predicted molar refractivity (Wildman–Crippen MR) is 88.9 cm³/mol. The van der Waals surface area contributed by atoms with Crippen molar-refractivity contribution >= 4 is 28.8 Å². The van der Waals surface area contributed by atoms with E-state index in [9.17, 15) is 0 Å².